The van der Waals surface area contributed by atoms with Gasteiger partial charge in [0.2, 0.25) is 5.91 Å². The first-order valence-corrected chi connectivity index (χ1v) is 7.98. The number of amides is 3. The van der Waals surface area contributed by atoms with E-state index in [1.807, 2.05) is 44.3 Å². The number of nitrogens with zero attached hydrogens (tertiary/aromatic N) is 2. The number of aromatic nitrogens is 2. The van der Waals surface area contributed by atoms with E-state index in [1.165, 1.54) is 0 Å². The molecule has 2 atom stereocenters. The zero-order valence-corrected chi connectivity index (χ0v) is 13.7. The van der Waals surface area contributed by atoms with Crippen molar-refractivity contribution >= 4 is 17.6 Å². The zero-order chi connectivity index (χ0) is 17.1. The van der Waals surface area contributed by atoms with Crippen molar-refractivity contribution in [1.82, 2.24) is 20.4 Å². The molecule has 3 amide bonds. The van der Waals surface area contributed by atoms with Crippen LogP contribution in [0, 0.1) is 0 Å². The standard InChI is InChI=1S/C17H21N5O2/c1-11(10-22-7-3-6-18-22)19-17(24)20-12(2)13-4-5-15-14(8-13)9-16(23)21-15/h3-8,11-12H,9-10H2,1-2H3,(H,21,23)(H2,19,20,24)/t11-,12+/m0/s1. The molecule has 3 rings (SSSR count). The van der Waals surface area contributed by atoms with Crippen molar-refractivity contribution in [1.29, 1.82) is 0 Å². The highest BCUT2D eigenvalue weighted by atomic mass is 16.2. The lowest BCUT2D eigenvalue weighted by Gasteiger charge is -2.19. The highest BCUT2D eigenvalue weighted by molar-refractivity contribution is 5.99. The molecule has 1 aliphatic rings. The Morgan fingerprint density at radius 3 is 2.96 bits per heavy atom. The van der Waals surface area contributed by atoms with Crippen LogP contribution in [0.25, 0.3) is 0 Å². The molecule has 1 aromatic carbocycles. The van der Waals surface area contributed by atoms with Gasteiger partial charge in [0.25, 0.3) is 0 Å². The van der Waals surface area contributed by atoms with Crippen molar-refractivity contribution in [2.24, 2.45) is 0 Å². The third kappa shape index (κ3) is 3.73. The second kappa shape index (κ2) is 6.74. The molecule has 2 aromatic rings. The van der Waals surface area contributed by atoms with E-state index in [4.69, 9.17) is 0 Å². The first-order valence-electron chi connectivity index (χ1n) is 7.98. The summed E-state index contributed by atoms with van der Waals surface area (Å²) in [5, 5.41) is 12.8. The Labute approximate surface area is 140 Å². The Balaban J connectivity index is 1.54. The van der Waals surface area contributed by atoms with E-state index in [-0.39, 0.29) is 24.0 Å². The lowest BCUT2D eigenvalue weighted by atomic mass is 10.0. The summed E-state index contributed by atoms with van der Waals surface area (Å²) in [6.45, 7) is 4.46. The van der Waals surface area contributed by atoms with Gasteiger partial charge in [-0.1, -0.05) is 12.1 Å². The van der Waals surface area contributed by atoms with Gasteiger partial charge in [0.05, 0.1) is 19.0 Å². The van der Waals surface area contributed by atoms with Gasteiger partial charge in [-0.3, -0.25) is 9.48 Å². The Morgan fingerprint density at radius 2 is 2.21 bits per heavy atom. The number of urea groups is 1. The average Bonchev–Trinajstić information content (AvgIpc) is 3.13. The van der Waals surface area contributed by atoms with Gasteiger partial charge in [0.1, 0.15) is 0 Å². The molecule has 1 aromatic heterocycles. The van der Waals surface area contributed by atoms with E-state index < -0.39 is 0 Å². The van der Waals surface area contributed by atoms with Crippen molar-refractivity contribution < 1.29 is 9.59 Å². The fraction of sp³-hybridized carbons (Fsp3) is 0.353. The molecule has 7 nitrogen and oxygen atoms in total. The third-order valence-electron chi connectivity index (χ3n) is 4.00. The lowest BCUT2D eigenvalue weighted by molar-refractivity contribution is -0.115. The number of hydrogen-bond donors (Lipinski definition) is 3. The molecule has 0 aliphatic carbocycles. The predicted molar refractivity (Wildman–Crippen MR) is 90.5 cm³/mol. The zero-order valence-electron chi connectivity index (χ0n) is 13.7. The van der Waals surface area contributed by atoms with Gasteiger partial charge in [0.15, 0.2) is 0 Å². The summed E-state index contributed by atoms with van der Waals surface area (Å²) in [6.07, 6.45) is 3.96. The summed E-state index contributed by atoms with van der Waals surface area (Å²) in [5.41, 5.74) is 2.80. The molecule has 0 radical (unpaired) electrons. The maximum atomic E-state index is 12.1. The van der Waals surface area contributed by atoms with Crippen LogP contribution < -0.4 is 16.0 Å². The van der Waals surface area contributed by atoms with E-state index >= 15 is 0 Å². The van der Waals surface area contributed by atoms with Crippen LogP contribution in [-0.4, -0.2) is 27.8 Å². The fourth-order valence-corrected chi connectivity index (χ4v) is 2.80. The second-order valence-electron chi connectivity index (χ2n) is 6.11. The number of carbonyl (C=O) groups excluding carboxylic acids is 2. The van der Waals surface area contributed by atoms with Crippen molar-refractivity contribution in [3.8, 4) is 0 Å². The number of fused-ring (bicyclic) bond motifs is 1. The van der Waals surface area contributed by atoms with Crippen LogP contribution in [0.3, 0.4) is 0 Å². The molecule has 0 spiro atoms. The van der Waals surface area contributed by atoms with Crippen LogP contribution in [0.4, 0.5) is 10.5 Å². The van der Waals surface area contributed by atoms with Crippen LogP contribution in [0.1, 0.15) is 31.0 Å². The van der Waals surface area contributed by atoms with Gasteiger partial charge in [0, 0.05) is 24.1 Å². The van der Waals surface area contributed by atoms with E-state index in [2.05, 4.69) is 21.0 Å². The van der Waals surface area contributed by atoms with Crippen molar-refractivity contribution in [2.45, 2.75) is 38.9 Å². The van der Waals surface area contributed by atoms with E-state index in [0.29, 0.717) is 13.0 Å². The van der Waals surface area contributed by atoms with Crippen LogP contribution in [0.5, 0.6) is 0 Å². The molecule has 24 heavy (non-hydrogen) atoms. The van der Waals surface area contributed by atoms with Crippen LogP contribution in [0.15, 0.2) is 36.7 Å². The summed E-state index contributed by atoms with van der Waals surface area (Å²) in [4.78, 5) is 23.5. The van der Waals surface area contributed by atoms with Gasteiger partial charge in [-0.05, 0) is 37.1 Å². The molecule has 0 bridgehead atoms. The SMILES string of the molecule is C[C@@H](Cn1cccn1)NC(=O)N[C@H](C)c1ccc2c(c1)CC(=O)N2. The largest absolute Gasteiger partial charge is 0.334 e. The summed E-state index contributed by atoms with van der Waals surface area (Å²) >= 11 is 0. The lowest BCUT2D eigenvalue weighted by Crippen LogP contribution is -2.43. The number of nitrogens with one attached hydrogen (secondary N) is 3. The number of anilines is 1. The molecular formula is C17H21N5O2. The number of carbonyl (C=O) groups is 2. The monoisotopic (exact) mass is 327 g/mol. The summed E-state index contributed by atoms with van der Waals surface area (Å²) in [7, 11) is 0. The van der Waals surface area contributed by atoms with Gasteiger partial charge in [-0.25, -0.2) is 4.79 Å². The number of hydrogen-bond acceptors (Lipinski definition) is 3. The molecule has 0 fully saturated rings. The molecule has 7 heteroatoms. The molecular weight excluding hydrogens is 306 g/mol. The van der Waals surface area contributed by atoms with Crippen LogP contribution in [-0.2, 0) is 17.8 Å². The topological polar surface area (TPSA) is 88.1 Å². The first-order chi connectivity index (χ1) is 11.5. The Kier molecular flexibility index (Phi) is 4.50. The molecule has 0 saturated carbocycles. The van der Waals surface area contributed by atoms with Crippen molar-refractivity contribution in [2.75, 3.05) is 5.32 Å². The van der Waals surface area contributed by atoms with E-state index in [1.54, 1.807) is 10.9 Å². The average molecular weight is 327 g/mol. The Bertz CT molecular complexity index is 741. The fourth-order valence-electron chi connectivity index (χ4n) is 2.80. The van der Waals surface area contributed by atoms with Crippen LogP contribution in [0.2, 0.25) is 0 Å². The van der Waals surface area contributed by atoms with E-state index in [0.717, 1.165) is 16.8 Å². The quantitative estimate of drug-likeness (QED) is 0.783. The van der Waals surface area contributed by atoms with Crippen LogP contribution >= 0.6 is 0 Å². The van der Waals surface area contributed by atoms with Gasteiger partial charge < -0.3 is 16.0 Å². The minimum absolute atomic E-state index is 0.00736. The predicted octanol–water partition coefficient (Wildman–Crippen LogP) is 1.83. The van der Waals surface area contributed by atoms with Gasteiger partial charge in [-0.2, -0.15) is 5.10 Å². The maximum absolute atomic E-state index is 12.1. The molecule has 0 saturated heterocycles. The highest BCUT2D eigenvalue weighted by Gasteiger charge is 2.19. The Hall–Kier alpha value is -2.83. The number of benzene rings is 1. The van der Waals surface area contributed by atoms with Crippen molar-refractivity contribution in [3.63, 3.8) is 0 Å². The number of rotatable bonds is 5. The van der Waals surface area contributed by atoms with Crippen molar-refractivity contribution in [3.05, 3.63) is 47.8 Å². The van der Waals surface area contributed by atoms with E-state index in [9.17, 15) is 9.59 Å². The molecule has 0 unspecified atom stereocenters. The second-order valence-corrected chi connectivity index (χ2v) is 6.11. The third-order valence-corrected chi connectivity index (χ3v) is 4.00. The first kappa shape index (κ1) is 16.0. The molecule has 3 N–H and O–H groups in total. The minimum atomic E-state index is -0.225. The Morgan fingerprint density at radius 1 is 1.38 bits per heavy atom. The summed E-state index contributed by atoms with van der Waals surface area (Å²) in [6, 6.07) is 7.20. The molecule has 2 heterocycles. The molecule has 126 valence electrons. The summed E-state index contributed by atoms with van der Waals surface area (Å²) < 4.78 is 1.78. The minimum Gasteiger partial charge on any atom is -0.334 e. The van der Waals surface area contributed by atoms with Gasteiger partial charge in [-0.15, -0.1) is 0 Å². The maximum Gasteiger partial charge on any atom is 0.315 e. The normalized spacial score (nSPS) is 15.3. The molecule has 1 aliphatic heterocycles. The summed E-state index contributed by atoms with van der Waals surface area (Å²) in [5.74, 6) is 0.00736. The van der Waals surface area contributed by atoms with Gasteiger partial charge >= 0.3 is 6.03 Å². The smallest absolute Gasteiger partial charge is 0.315 e. The highest BCUT2D eigenvalue weighted by Crippen LogP contribution is 2.26.